The fraction of sp³-hybridized carbons (Fsp3) is 0.500. The minimum Gasteiger partial charge on any atom is -0.353 e. The van der Waals surface area contributed by atoms with Gasteiger partial charge in [-0.15, -0.1) is 11.3 Å². The quantitative estimate of drug-likeness (QED) is 0.627. The number of thiophene rings is 1. The Morgan fingerprint density at radius 2 is 1.72 bits per heavy atom. The van der Waals surface area contributed by atoms with E-state index in [1.54, 1.807) is 10.4 Å². The van der Waals surface area contributed by atoms with Gasteiger partial charge in [-0.2, -0.15) is 0 Å². The van der Waals surface area contributed by atoms with Crippen molar-refractivity contribution in [3.8, 4) is 0 Å². The third-order valence-electron chi connectivity index (χ3n) is 6.68. The fourth-order valence-corrected chi connectivity index (χ4v) is 6.13. The van der Waals surface area contributed by atoms with Crippen molar-refractivity contribution in [2.24, 2.45) is 0 Å². The summed E-state index contributed by atoms with van der Waals surface area (Å²) >= 11 is 1.95. The predicted octanol–water partition coefficient (Wildman–Crippen LogP) is 4.77. The molecule has 2 aliphatic carbocycles. The van der Waals surface area contributed by atoms with Crippen molar-refractivity contribution in [2.45, 2.75) is 51.0 Å². The van der Waals surface area contributed by atoms with Crippen molar-refractivity contribution >= 4 is 27.4 Å². The van der Waals surface area contributed by atoms with Gasteiger partial charge in [0.1, 0.15) is 16.5 Å². The van der Waals surface area contributed by atoms with Gasteiger partial charge in [0, 0.05) is 43.5 Å². The van der Waals surface area contributed by atoms with E-state index in [-0.39, 0.29) is 0 Å². The van der Waals surface area contributed by atoms with Crippen LogP contribution in [-0.2, 0) is 19.4 Å². The van der Waals surface area contributed by atoms with Crippen molar-refractivity contribution in [3.63, 3.8) is 0 Å². The van der Waals surface area contributed by atoms with Gasteiger partial charge in [-0.25, -0.2) is 9.97 Å². The lowest BCUT2D eigenvalue weighted by Crippen LogP contribution is -2.46. The second-order valence-corrected chi connectivity index (χ2v) is 9.90. The summed E-state index contributed by atoms with van der Waals surface area (Å²) in [4.78, 5) is 18.2. The summed E-state index contributed by atoms with van der Waals surface area (Å²) in [5, 5.41) is 1.39. The van der Waals surface area contributed by atoms with Crippen molar-refractivity contribution in [3.05, 3.63) is 52.2 Å². The van der Waals surface area contributed by atoms with E-state index in [1.165, 1.54) is 60.1 Å². The number of hydrogen-bond acceptors (Lipinski definition) is 5. The smallest absolute Gasteiger partial charge is 0.141 e. The summed E-state index contributed by atoms with van der Waals surface area (Å²) in [5.41, 5.74) is 2.98. The summed E-state index contributed by atoms with van der Waals surface area (Å²) in [7, 11) is 0. The van der Waals surface area contributed by atoms with Gasteiger partial charge in [-0.1, -0.05) is 30.3 Å². The Hall–Kier alpha value is -1.98. The highest BCUT2D eigenvalue weighted by Gasteiger charge is 2.31. The maximum absolute atomic E-state index is 5.18. The van der Waals surface area contributed by atoms with Gasteiger partial charge in [0.15, 0.2) is 0 Å². The van der Waals surface area contributed by atoms with Crippen LogP contribution in [0.25, 0.3) is 10.2 Å². The lowest BCUT2D eigenvalue weighted by molar-refractivity contribution is 0.249. The van der Waals surface area contributed by atoms with Crippen LogP contribution < -0.4 is 4.90 Å². The number of aryl methyl sites for hydroxylation is 2. The second kappa shape index (κ2) is 7.37. The largest absolute Gasteiger partial charge is 0.353 e. The number of piperazine rings is 1. The number of benzene rings is 1. The first-order valence-corrected chi connectivity index (χ1v) is 12.0. The van der Waals surface area contributed by atoms with Gasteiger partial charge in [-0.05, 0) is 49.7 Å². The van der Waals surface area contributed by atoms with E-state index in [4.69, 9.17) is 9.97 Å². The molecular weight excluding hydrogens is 376 g/mol. The topological polar surface area (TPSA) is 32.3 Å². The van der Waals surface area contributed by atoms with Crippen molar-refractivity contribution < 1.29 is 0 Å². The Bertz CT molecular complexity index is 1020. The number of anilines is 1. The van der Waals surface area contributed by atoms with Gasteiger partial charge in [0.05, 0.1) is 5.39 Å². The zero-order valence-electron chi connectivity index (χ0n) is 16.9. The minimum absolute atomic E-state index is 0.608. The first-order valence-electron chi connectivity index (χ1n) is 11.2. The minimum atomic E-state index is 0.608. The maximum Gasteiger partial charge on any atom is 0.141 e. The molecule has 3 heterocycles. The molecule has 6 rings (SSSR count). The molecule has 0 radical (unpaired) electrons. The molecule has 0 atom stereocenters. The van der Waals surface area contributed by atoms with E-state index in [0.717, 1.165) is 38.5 Å². The van der Waals surface area contributed by atoms with Gasteiger partial charge in [0.25, 0.3) is 0 Å². The molecule has 1 aromatic carbocycles. The van der Waals surface area contributed by atoms with Gasteiger partial charge < -0.3 is 4.90 Å². The first-order chi connectivity index (χ1) is 14.3. The van der Waals surface area contributed by atoms with Crippen LogP contribution in [0.4, 0.5) is 5.82 Å². The lowest BCUT2D eigenvalue weighted by atomic mass is 9.97. The Kier molecular flexibility index (Phi) is 4.53. The highest BCUT2D eigenvalue weighted by Crippen LogP contribution is 2.44. The molecule has 0 bridgehead atoms. The average Bonchev–Trinajstić information content (AvgIpc) is 3.55. The molecule has 0 unspecified atom stereocenters. The molecule has 0 spiro atoms. The van der Waals surface area contributed by atoms with Crippen molar-refractivity contribution in [1.29, 1.82) is 0 Å². The third-order valence-corrected chi connectivity index (χ3v) is 7.86. The molecule has 4 nitrogen and oxygen atoms in total. The standard InChI is InChI=1S/C24H28N4S/c1-2-6-17(7-3-1)16-27-12-14-28(15-13-27)23-21-19-8-4-5-9-20(19)29-24(21)26-22(25-23)18-10-11-18/h1-3,6-7,18H,4-5,8-16H2. The monoisotopic (exact) mass is 404 g/mol. The molecule has 1 saturated heterocycles. The van der Waals surface area contributed by atoms with Crippen LogP contribution in [0.1, 0.15) is 53.4 Å². The van der Waals surface area contributed by atoms with E-state index < -0.39 is 0 Å². The number of rotatable bonds is 4. The molecular formula is C24H28N4S. The zero-order chi connectivity index (χ0) is 19.2. The average molecular weight is 405 g/mol. The van der Waals surface area contributed by atoms with Crippen molar-refractivity contribution in [2.75, 3.05) is 31.1 Å². The van der Waals surface area contributed by atoms with Crippen molar-refractivity contribution in [1.82, 2.24) is 14.9 Å². The first kappa shape index (κ1) is 17.8. The van der Waals surface area contributed by atoms with Crippen LogP contribution in [0.2, 0.25) is 0 Å². The third kappa shape index (κ3) is 3.44. The molecule has 29 heavy (non-hydrogen) atoms. The SMILES string of the molecule is c1ccc(CN2CCN(c3nc(C4CC4)nc4sc5c(c34)CCCC5)CC2)cc1. The molecule has 3 aromatic rings. The molecule has 1 saturated carbocycles. The van der Waals surface area contributed by atoms with Crippen LogP contribution in [-0.4, -0.2) is 41.0 Å². The number of hydrogen-bond donors (Lipinski definition) is 0. The molecule has 0 amide bonds. The van der Waals surface area contributed by atoms with Crippen LogP contribution in [0, 0.1) is 0 Å². The van der Waals surface area contributed by atoms with Crippen LogP contribution in [0.15, 0.2) is 30.3 Å². The van der Waals surface area contributed by atoms with E-state index in [0.29, 0.717) is 5.92 Å². The van der Waals surface area contributed by atoms with Crippen LogP contribution in [0.5, 0.6) is 0 Å². The van der Waals surface area contributed by atoms with Gasteiger partial charge >= 0.3 is 0 Å². The molecule has 1 aliphatic heterocycles. The molecule has 2 fully saturated rings. The van der Waals surface area contributed by atoms with E-state index in [1.807, 2.05) is 11.3 Å². The Labute approximate surface area is 176 Å². The molecule has 3 aliphatic rings. The molecule has 2 aromatic heterocycles. The normalized spacial score (nSPS) is 20.2. The number of nitrogens with zero attached hydrogens (tertiary/aromatic N) is 4. The summed E-state index contributed by atoms with van der Waals surface area (Å²) in [6.45, 7) is 5.38. The lowest BCUT2D eigenvalue weighted by Gasteiger charge is -2.36. The van der Waals surface area contributed by atoms with Gasteiger partial charge in [0.2, 0.25) is 0 Å². The Balaban J connectivity index is 1.29. The summed E-state index contributed by atoms with van der Waals surface area (Å²) in [6, 6.07) is 10.9. The predicted molar refractivity (Wildman–Crippen MR) is 120 cm³/mol. The Morgan fingerprint density at radius 3 is 2.52 bits per heavy atom. The number of aromatic nitrogens is 2. The van der Waals surface area contributed by atoms with E-state index in [2.05, 4.69) is 40.1 Å². The van der Waals surface area contributed by atoms with E-state index >= 15 is 0 Å². The Morgan fingerprint density at radius 1 is 0.931 bits per heavy atom. The summed E-state index contributed by atoms with van der Waals surface area (Å²) < 4.78 is 0. The molecule has 0 N–H and O–H groups in total. The summed E-state index contributed by atoms with van der Waals surface area (Å²) in [6.07, 6.45) is 7.62. The van der Waals surface area contributed by atoms with Crippen LogP contribution >= 0.6 is 11.3 Å². The fourth-order valence-electron chi connectivity index (χ4n) is 4.87. The molecule has 5 heteroatoms. The highest BCUT2D eigenvalue weighted by molar-refractivity contribution is 7.19. The van der Waals surface area contributed by atoms with E-state index in [9.17, 15) is 0 Å². The zero-order valence-corrected chi connectivity index (χ0v) is 17.8. The van der Waals surface area contributed by atoms with Gasteiger partial charge in [-0.3, -0.25) is 4.90 Å². The highest BCUT2D eigenvalue weighted by atomic mass is 32.1. The maximum atomic E-state index is 5.18. The second-order valence-electron chi connectivity index (χ2n) is 8.82. The molecule has 150 valence electrons. The van der Waals surface area contributed by atoms with Crippen LogP contribution in [0.3, 0.4) is 0 Å². The number of fused-ring (bicyclic) bond motifs is 3. The summed E-state index contributed by atoms with van der Waals surface area (Å²) in [5.74, 6) is 2.96.